The third-order valence-electron chi connectivity index (χ3n) is 23.1. The fraction of sp³-hybridized carbons (Fsp3) is 0.656. The quantitative estimate of drug-likeness (QED) is 0.0257. The van der Waals surface area contributed by atoms with Crippen molar-refractivity contribution in [1.82, 2.24) is 30.9 Å². The molecule has 4 aliphatic rings. The Morgan fingerprint density at radius 2 is 1.17 bits per heavy atom. The number of carbonyl (C=O) groups excluding carboxylic acids is 5. The summed E-state index contributed by atoms with van der Waals surface area (Å²) in [4.78, 5) is 68.8. The molecule has 0 radical (unpaired) electrons. The Morgan fingerprint density at radius 1 is 0.580 bits per heavy atom. The number of cyclic esters (lactones) is 1. The van der Waals surface area contributed by atoms with Gasteiger partial charge < -0.3 is 134 Å². The molecule has 4 aliphatic heterocycles. The number of carbonyl (C=O) groups is 5. The van der Waals surface area contributed by atoms with Crippen molar-refractivity contribution >= 4 is 35.2 Å². The van der Waals surface area contributed by atoms with Crippen molar-refractivity contribution in [2.75, 3.05) is 124 Å². The van der Waals surface area contributed by atoms with Gasteiger partial charge in [-0.25, -0.2) is 4.68 Å². The second-order valence-corrected chi connectivity index (χ2v) is 34.5. The van der Waals surface area contributed by atoms with Crippen LogP contribution in [0.1, 0.15) is 151 Å². The molecule has 2 unspecified atom stereocenters. The average molecular weight is 1850 g/mol. The molecule has 2 bridgehead atoms. The summed E-state index contributed by atoms with van der Waals surface area (Å²) in [5.41, 5.74) is 9.91. The van der Waals surface area contributed by atoms with E-state index < -0.39 is 152 Å². The van der Waals surface area contributed by atoms with Crippen molar-refractivity contribution in [3.05, 3.63) is 139 Å². The molecule has 2 aromatic carbocycles. The lowest BCUT2D eigenvalue weighted by Crippen LogP contribution is -2.62. The van der Waals surface area contributed by atoms with E-state index in [1.54, 1.807) is 86.4 Å². The number of rotatable bonds is 42. The van der Waals surface area contributed by atoms with Gasteiger partial charge in [-0.2, -0.15) is 0 Å². The van der Waals surface area contributed by atoms with Gasteiger partial charge in [0.25, 0.3) is 0 Å². The molecule has 7 rings (SSSR count). The van der Waals surface area contributed by atoms with Crippen molar-refractivity contribution in [1.29, 1.82) is 0 Å². The van der Waals surface area contributed by atoms with Crippen molar-refractivity contribution in [3.63, 3.8) is 0 Å². The molecule has 5 heterocycles. The molecule has 131 heavy (non-hydrogen) atoms. The normalized spacial score (nSPS) is 28.9. The molecule has 0 saturated carbocycles. The van der Waals surface area contributed by atoms with Crippen LogP contribution < -0.4 is 26.6 Å². The number of esters is 1. The zero-order chi connectivity index (χ0) is 95.1. The van der Waals surface area contributed by atoms with Gasteiger partial charge in [0.05, 0.1) is 209 Å². The largest absolute Gasteiger partial charge is 0.462 e. The van der Waals surface area contributed by atoms with E-state index in [0.717, 1.165) is 48.2 Å². The number of anilines is 1. The number of aliphatic hydroxyl groups is 10. The van der Waals surface area contributed by atoms with E-state index in [4.69, 9.17) is 62.6 Å². The van der Waals surface area contributed by atoms with E-state index in [1.807, 2.05) is 98.3 Å². The van der Waals surface area contributed by atoms with Gasteiger partial charge in [-0.1, -0.05) is 167 Å². The highest BCUT2D eigenvalue weighted by atomic mass is 16.7. The smallest absolute Gasteiger partial charge is 0.308 e. The van der Waals surface area contributed by atoms with E-state index in [9.17, 15) is 75.0 Å². The first-order valence-corrected chi connectivity index (χ1v) is 46.2. The Hall–Kier alpha value is -7.61. The monoisotopic (exact) mass is 1850 g/mol. The zero-order valence-corrected chi connectivity index (χ0v) is 77.5. The average Bonchev–Trinajstić information content (AvgIpc) is 1.63. The predicted octanol–water partition coefficient (Wildman–Crippen LogP) is 5.15. The number of nitrogens with one attached hydrogen (secondary N) is 3. The summed E-state index contributed by atoms with van der Waals surface area (Å²) in [6.07, 6.45) is 6.70. The Labute approximate surface area is 770 Å². The summed E-state index contributed by atoms with van der Waals surface area (Å²) in [5, 5.41) is 130. The molecule has 2 saturated heterocycles. The number of amides is 3. The van der Waals surface area contributed by atoms with Crippen LogP contribution in [-0.2, 0) is 93.9 Å². The molecule has 2 fully saturated rings. The fourth-order valence-corrected chi connectivity index (χ4v) is 15.4. The van der Waals surface area contributed by atoms with Gasteiger partial charge in [0.1, 0.15) is 23.5 Å². The molecule has 0 spiro atoms. The number of benzene rings is 2. The topological polar surface area (TPSA) is 494 Å². The number of nitrogens with two attached hydrogens (primary N) is 1. The predicted molar refractivity (Wildman–Crippen MR) is 489 cm³/mol. The maximum atomic E-state index is 14.3. The number of ether oxygens (including phenoxy) is 12. The minimum Gasteiger partial charge on any atom is -0.462 e. The molecule has 19 atom stereocenters. The molecule has 734 valence electrons. The van der Waals surface area contributed by atoms with Gasteiger partial charge in [-0.15, -0.1) is 5.10 Å². The van der Waals surface area contributed by atoms with E-state index >= 15 is 0 Å². The summed E-state index contributed by atoms with van der Waals surface area (Å²) >= 11 is 0. The third-order valence-corrected chi connectivity index (χ3v) is 23.1. The van der Waals surface area contributed by atoms with Crippen LogP contribution in [0.4, 0.5) is 5.69 Å². The lowest BCUT2D eigenvalue weighted by molar-refractivity contribution is -0.307. The van der Waals surface area contributed by atoms with Crippen molar-refractivity contribution < 1.29 is 132 Å². The lowest BCUT2D eigenvalue weighted by Gasteiger charge is -2.46. The van der Waals surface area contributed by atoms with E-state index in [-0.39, 0.29) is 135 Å². The van der Waals surface area contributed by atoms with Gasteiger partial charge >= 0.3 is 5.97 Å². The van der Waals surface area contributed by atoms with E-state index in [1.165, 1.54) is 0 Å². The maximum absolute atomic E-state index is 14.3. The first kappa shape index (κ1) is 110. The SMILES string of the molecule is CC(C)NCCCCCC(=O)C(C)(C)OCCOCCOCCOCCn1nnc2c1-c1ccccc1CN(C(=O)CCNC(=O)CCOCCOCCOCCOCCNC(=O)[C@H]1C3C[C@@H](O[C@@H]4O[C@H](C)[C@@H](O)C(N)[C@@H]4O)/C=C/C=C/C=C/C=C/C=C/C=C/C=C/[C@H](C)[C@@H](O)[C@@H](C)[C@H](C)OC(=O)C[C@H](O)C[C@H](O)CC[C@@H](O)[C@H](O)C[C@H](O)C[C@](O)(C[C@@H]1O)O3)c1ccccc1-2. The Kier molecular flexibility index (Phi) is 50.6. The minimum absolute atomic E-state index is 0.00888. The summed E-state index contributed by atoms with van der Waals surface area (Å²) in [5.74, 6) is -6.39. The molecule has 3 aromatic rings. The van der Waals surface area contributed by atoms with Crippen LogP contribution in [0.2, 0.25) is 0 Å². The van der Waals surface area contributed by atoms with Gasteiger partial charge in [0, 0.05) is 87.0 Å². The first-order valence-electron chi connectivity index (χ1n) is 46.2. The number of aromatic nitrogens is 3. The number of allylic oxidation sites excluding steroid dienone is 12. The van der Waals surface area contributed by atoms with Gasteiger partial charge in [0.15, 0.2) is 17.9 Å². The number of fused-ring (bicyclic) bond motifs is 7. The molecule has 35 heteroatoms. The number of ketones is 1. The number of Topliss-reactive ketones (excluding diaryl/α,β-unsaturated/α-hetero) is 1. The molecule has 15 N–H and O–H groups in total. The van der Waals surface area contributed by atoms with Gasteiger partial charge in [-0.3, -0.25) is 24.0 Å². The van der Waals surface area contributed by atoms with E-state index in [0.29, 0.717) is 76.6 Å². The summed E-state index contributed by atoms with van der Waals surface area (Å²) in [6, 6.07) is 14.7. The maximum Gasteiger partial charge on any atom is 0.308 e. The van der Waals surface area contributed by atoms with Crippen LogP contribution in [0.5, 0.6) is 0 Å². The molecule has 1 aromatic heterocycles. The molecule has 3 amide bonds. The number of hydrogen-bond acceptors (Lipinski definition) is 31. The van der Waals surface area contributed by atoms with Gasteiger partial charge in [-0.05, 0) is 78.0 Å². The lowest BCUT2D eigenvalue weighted by atomic mass is 9.82. The molecule has 35 nitrogen and oxygen atoms in total. The number of nitrogens with zero attached hydrogens (tertiary/aromatic N) is 4. The highest BCUT2D eigenvalue weighted by Gasteiger charge is 2.51. The third kappa shape index (κ3) is 39.7. The van der Waals surface area contributed by atoms with Crippen LogP contribution in [0.3, 0.4) is 0 Å². The molecular weight excluding hydrogens is 1700 g/mol. The first-order chi connectivity index (χ1) is 62.9. The Morgan fingerprint density at radius 3 is 1.82 bits per heavy atom. The van der Waals surface area contributed by atoms with Crippen molar-refractivity contribution in [3.8, 4) is 22.5 Å². The molecule has 0 aliphatic carbocycles. The summed E-state index contributed by atoms with van der Waals surface area (Å²) < 4.78 is 71.9. The fourth-order valence-electron chi connectivity index (χ4n) is 15.4. The summed E-state index contributed by atoms with van der Waals surface area (Å²) in [6.45, 7) is 20.1. The van der Waals surface area contributed by atoms with Crippen molar-refractivity contribution in [2.45, 2.75) is 267 Å². The Bertz CT molecular complexity index is 4050. The number of unbranched alkanes of at least 4 members (excludes halogenated alkanes) is 2. The number of hydrogen-bond donors (Lipinski definition) is 14. The highest BCUT2D eigenvalue weighted by molar-refractivity contribution is 6.00. The standard InChI is InChI=1S/C96H148N8O27/c1-65(2)98-39-27-19-22-34-82(111)95(7,8)127-57-56-126-55-54-125-51-48-122-45-42-104-89-75-31-24-23-29-70(75)64-103(77-33-26-25-32-76(77)88(89)101-102-104)84(113)37-40-99-83(112)38-43-120-46-49-123-52-53-124-50-47-121-44-41-100-93(118)86-80(110)63-96(119)62-73(107)59-79(109)78(108)36-35-71(105)58-72(106)60-85(114)128-68(5)67(4)90(115)66(3)28-20-17-15-13-11-9-10-12-14-16-18-21-30-74(61-81(86)131-96)130-94-92(117)87(97)91(116)69(6)129-94/h9-18,20-21,23-26,28-33,65-69,71-74,78-81,86-87,90-92,94,98,105-110,115-117,119H,19,22,27,34-64,97H2,1-8H3,(H,99,112)(H,100,118)/b10-9+,13-11+,14-12+,17-15+,18-16+,28-20+,30-21+/t66-,67-,68-,69+,71+,72+,73-,74-,78+,79+,80-,81?,86+,87?,90+,91+,92-,94-,96+/m0/s1. The number of para-hydroxylation sites is 1. The van der Waals surface area contributed by atoms with Crippen LogP contribution >= 0.6 is 0 Å². The van der Waals surface area contributed by atoms with Crippen molar-refractivity contribution in [2.24, 2.45) is 23.5 Å². The van der Waals surface area contributed by atoms with Crippen LogP contribution in [-0.4, -0.2) is 323 Å². The van der Waals surface area contributed by atoms with Gasteiger partial charge in [0.2, 0.25) is 17.7 Å². The summed E-state index contributed by atoms with van der Waals surface area (Å²) in [7, 11) is 0. The minimum atomic E-state index is -2.36. The van der Waals surface area contributed by atoms with Crippen LogP contribution in [0.15, 0.2) is 134 Å². The second kappa shape index (κ2) is 60.0. The van der Waals surface area contributed by atoms with Crippen LogP contribution in [0, 0.1) is 17.8 Å². The van der Waals surface area contributed by atoms with Crippen LogP contribution in [0.25, 0.3) is 22.5 Å². The van der Waals surface area contributed by atoms with E-state index in [2.05, 4.69) is 40.1 Å². The number of aliphatic hydroxyl groups excluding tert-OH is 9. The second-order valence-electron chi connectivity index (χ2n) is 34.5. The zero-order valence-electron chi connectivity index (χ0n) is 77.5. The molecular formula is C96H148N8O27. The highest BCUT2D eigenvalue weighted by Crippen LogP contribution is 2.42. The Balaban J connectivity index is 0.814.